The maximum atomic E-state index is 13.0. The van der Waals surface area contributed by atoms with E-state index >= 15 is 0 Å². The van der Waals surface area contributed by atoms with Crippen molar-refractivity contribution in [1.29, 1.82) is 0 Å². The van der Waals surface area contributed by atoms with E-state index in [4.69, 9.17) is 0 Å². The summed E-state index contributed by atoms with van der Waals surface area (Å²) in [7, 11) is -3.41. The first kappa shape index (κ1) is 20.5. The summed E-state index contributed by atoms with van der Waals surface area (Å²) in [5.74, 6) is 0.482. The van der Waals surface area contributed by atoms with Crippen molar-refractivity contribution in [1.82, 2.24) is 23.5 Å². The fourth-order valence-electron chi connectivity index (χ4n) is 4.26. The molecule has 0 bridgehead atoms. The molecule has 160 valence electrons. The maximum absolute atomic E-state index is 13.0. The van der Waals surface area contributed by atoms with Gasteiger partial charge in [-0.25, -0.2) is 9.97 Å². The van der Waals surface area contributed by atoms with Crippen LogP contribution in [-0.4, -0.2) is 90.2 Å². The van der Waals surface area contributed by atoms with Crippen molar-refractivity contribution in [2.45, 2.75) is 39.0 Å². The Morgan fingerprint density at radius 3 is 2.07 bits per heavy atom. The highest BCUT2D eigenvalue weighted by Crippen LogP contribution is 2.20. The molecule has 0 radical (unpaired) electrons. The third kappa shape index (κ3) is 4.39. The number of aromatic nitrogens is 2. The van der Waals surface area contributed by atoms with Crippen LogP contribution in [0.4, 0.5) is 5.95 Å². The van der Waals surface area contributed by atoms with Gasteiger partial charge in [0.05, 0.1) is 0 Å². The molecule has 29 heavy (non-hydrogen) atoms. The quantitative estimate of drug-likeness (QED) is 0.715. The molecule has 0 unspecified atom stereocenters. The average molecular weight is 423 g/mol. The smallest absolute Gasteiger partial charge is 0.282 e. The molecule has 1 aromatic heterocycles. The number of anilines is 1. The molecule has 3 aliphatic heterocycles. The predicted octanol–water partition coefficient (Wildman–Crippen LogP) is 0.874. The Morgan fingerprint density at radius 2 is 1.41 bits per heavy atom. The van der Waals surface area contributed by atoms with Crippen molar-refractivity contribution in [3.05, 3.63) is 17.5 Å². The van der Waals surface area contributed by atoms with E-state index < -0.39 is 10.2 Å². The van der Waals surface area contributed by atoms with Gasteiger partial charge in [-0.2, -0.15) is 17.0 Å². The molecular weight excluding hydrogens is 392 g/mol. The van der Waals surface area contributed by atoms with E-state index in [9.17, 15) is 13.2 Å². The van der Waals surface area contributed by atoms with Gasteiger partial charge in [-0.1, -0.05) is 0 Å². The van der Waals surface area contributed by atoms with Crippen LogP contribution in [0.25, 0.3) is 0 Å². The lowest BCUT2D eigenvalue weighted by Gasteiger charge is -2.35. The largest absolute Gasteiger partial charge is 0.341 e. The predicted molar refractivity (Wildman–Crippen MR) is 110 cm³/mol. The molecule has 0 aliphatic carbocycles. The number of carbonyl (C=O) groups excluding carboxylic acids is 1. The number of amides is 1. The zero-order valence-electron chi connectivity index (χ0n) is 17.1. The number of piperazine rings is 1. The van der Waals surface area contributed by atoms with Gasteiger partial charge in [0.25, 0.3) is 16.1 Å². The van der Waals surface area contributed by atoms with E-state index in [1.165, 1.54) is 10.7 Å². The summed E-state index contributed by atoms with van der Waals surface area (Å²) >= 11 is 0. The van der Waals surface area contributed by atoms with E-state index in [1.54, 1.807) is 15.3 Å². The third-order valence-electron chi connectivity index (χ3n) is 5.94. The van der Waals surface area contributed by atoms with Crippen LogP contribution in [0, 0.1) is 6.92 Å². The van der Waals surface area contributed by atoms with Crippen molar-refractivity contribution in [3.8, 4) is 0 Å². The molecule has 0 spiro atoms. The molecule has 0 N–H and O–H groups in total. The lowest BCUT2D eigenvalue weighted by Crippen LogP contribution is -2.53. The standard InChI is InChI=1S/C19H30N6O3S/c1-16-15-17(21-19(20-16)23-7-3-2-4-8-23)18(26)22-11-13-25(14-12-22)29(27,28)24-9-5-6-10-24/h15H,2-14H2,1H3. The molecule has 1 amide bonds. The summed E-state index contributed by atoms with van der Waals surface area (Å²) in [6.07, 6.45) is 5.30. The number of aryl methyl sites for hydroxylation is 1. The summed E-state index contributed by atoms with van der Waals surface area (Å²) in [6.45, 7) is 6.34. The zero-order valence-corrected chi connectivity index (χ0v) is 17.9. The van der Waals surface area contributed by atoms with Gasteiger partial charge in [0.1, 0.15) is 5.69 Å². The number of piperidine rings is 1. The van der Waals surface area contributed by atoms with E-state index in [0.29, 0.717) is 50.9 Å². The summed E-state index contributed by atoms with van der Waals surface area (Å²) in [4.78, 5) is 26.0. The van der Waals surface area contributed by atoms with Crippen LogP contribution < -0.4 is 4.90 Å². The normalized spacial score (nSPS) is 22.2. The molecule has 0 aromatic carbocycles. The zero-order chi connectivity index (χ0) is 20.4. The van der Waals surface area contributed by atoms with E-state index in [0.717, 1.165) is 44.5 Å². The Hall–Kier alpha value is -1.78. The number of rotatable bonds is 4. The van der Waals surface area contributed by atoms with Gasteiger partial charge >= 0.3 is 0 Å². The molecule has 3 saturated heterocycles. The van der Waals surface area contributed by atoms with Gasteiger partial charge in [-0.05, 0) is 45.1 Å². The highest BCUT2D eigenvalue weighted by molar-refractivity contribution is 7.86. The van der Waals surface area contributed by atoms with Crippen LogP contribution >= 0.6 is 0 Å². The van der Waals surface area contributed by atoms with Gasteiger partial charge in [0.15, 0.2) is 0 Å². The first-order valence-electron chi connectivity index (χ1n) is 10.6. The van der Waals surface area contributed by atoms with E-state index in [1.807, 2.05) is 6.92 Å². The highest BCUT2D eigenvalue weighted by Gasteiger charge is 2.35. The van der Waals surface area contributed by atoms with Gasteiger partial charge in [-0.15, -0.1) is 0 Å². The lowest BCUT2D eigenvalue weighted by atomic mass is 10.1. The van der Waals surface area contributed by atoms with Crippen molar-refractivity contribution in [3.63, 3.8) is 0 Å². The second-order valence-corrected chi connectivity index (χ2v) is 9.98. The van der Waals surface area contributed by atoms with Crippen LogP contribution in [0.15, 0.2) is 6.07 Å². The number of hydrogen-bond donors (Lipinski definition) is 0. The minimum atomic E-state index is -3.41. The van der Waals surface area contributed by atoms with E-state index in [2.05, 4.69) is 14.9 Å². The van der Waals surface area contributed by atoms with Gasteiger partial charge in [-0.3, -0.25) is 4.79 Å². The van der Waals surface area contributed by atoms with Crippen LogP contribution in [-0.2, 0) is 10.2 Å². The molecule has 10 heteroatoms. The van der Waals surface area contributed by atoms with Crippen molar-refractivity contribution >= 4 is 22.1 Å². The van der Waals surface area contributed by atoms with Crippen molar-refractivity contribution < 1.29 is 13.2 Å². The SMILES string of the molecule is Cc1cc(C(=O)N2CCN(S(=O)(=O)N3CCCC3)CC2)nc(N2CCCCC2)n1. The van der Waals surface area contributed by atoms with Crippen molar-refractivity contribution in [2.24, 2.45) is 0 Å². The summed E-state index contributed by atoms with van der Waals surface area (Å²) in [6, 6.07) is 1.73. The summed E-state index contributed by atoms with van der Waals surface area (Å²) in [5, 5.41) is 0. The molecule has 0 saturated carbocycles. The fourth-order valence-corrected chi connectivity index (χ4v) is 5.93. The second kappa shape index (κ2) is 8.53. The Labute approximate surface area is 172 Å². The second-order valence-electron chi connectivity index (χ2n) is 8.05. The topological polar surface area (TPSA) is 90.0 Å². The third-order valence-corrected chi connectivity index (χ3v) is 7.98. The first-order valence-corrected chi connectivity index (χ1v) is 12.0. The number of carbonyl (C=O) groups is 1. The van der Waals surface area contributed by atoms with E-state index in [-0.39, 0.29) is 5.91 Å². The molecule has 9 nitrogen and oxygen atoms in total. The Balaban J connectivity index is 1.42. The van der Waals surface area contributed by atoms with Crippen LogP contribution in [0.1, 0.15) is 48.3 Å². The Kier molecular flexibility index (Phi) is 6.03. The van der Waals surface area contributed by atoms with Crippen LogP contribution in [0.3, 0.4) is 0 Å². The maximum Gasteiger partial charge on any atom is 0.282 e. The Morgan fingerprint density at radius 1 is 0.828 bits per heavy atom. The first-order chi connectivity index (χ1) is 13.9. The molecule has 0 atom stereocenters. The number of hydrogen-bond acceptors (Lipinski definition) is 6. The molecule has 3 fully saturated rings. The van der Waals surface area contributed by atoms with Crippen LogP contribution in [0.2, 0.25) is 0 Å². The molecule has 4 heterocycles. The van der Waals surface area contributed by atoms with Gasteiger partial charge < -0.3 is 9.80 Å². The molecule has 1 aromatic rings. The highest BCUT2D eigenvalue weighted by atomic mass is 32.2. The minimum Gasteiger partial charge on any atom is -0.341 e. The Bertz CT molecular complexity index is 842. The minimum absolute atomic E-state index is 0.146. The monoisotopic (exact) mass is 422 g/mol. The number of nitrogens with zero attached hydrogens (tertiary/aromatic N) is 6. The summed E-state index contributed by atoms with van der Waals surface area (Å²) < 4.78 is 28.5. The molecule has 4 rings (SSSR count). The van der Waals surface area contributed by atoms with Crippen molar-refractivity contribution in [2.75, 3.05) is 57.3 Å². The average Bonchev–Trinajstić information content (AvgIpc) is 3.29. The molecule has 3 aliphatic rings. The molecular formula is C19H30N6O3S. The van der Waals surface area contributed by atoms with Crippen LogP contribution in [0.5, 0.6) is 0 Å². The fraction of sp³-hybridized carbons (Fsp3) is 0.737. The van der Waals surface area contributed by atoms with Gasteiger partial charge in [0, 0.05) is 58.1 Å². The summed E-state index contributed by atoms with van der Waals surface area (Å²) in [5.41, 5.74) is 1.17. The van der Waals surface area contributed by atoms with Gasteiger partial charge in [0.2, 0.25) is 5.95 Å². The lowest BCUT2D eigenvalue weighted by molar-refractivity contribution is 0.0688.